The number of H-pyrrole nitrogens is 1. The lowest BCUT2D eigenvalue weighted by atomic mass is 10.1. The first-order valence-corrected chi connectivity index (χ1v) is 8.56. The Kier molecular flexibility index (Phi) is 4.61. The van der Waals surface area contributed by atoms with Gasteiger partial charge in [-0.3, -0.25) is 9.59 Å². The summed E-state index contributed by atoms with van der Waals surface area (Å²) in [6.07, 6.45) is 0. The van der Waals surface area contributed by atoms with E-state index in [1.807, 2.05) is 0 Å². The molecule has 2 aromatic rings. The number of nitrogens with zero attached hydrogens (tertiary/aromatic N) is 3. The van der Waals surface area contributed by atoms with Crippen LogP contribution in [0, 0.1) is 27.7 Å². The van der Waals surface area contributed by atoms with E-state index >= 15 is 0 Å². The van der Waals surface area contributed by atoms with Gasteiger partial charge < -0.3 is 14.8 Å². The van der Waals surface area contributed by atoms with Gasteiger partial charge in [0.05, 0.1) is 5.69 Å². The lowest BCUT2D eigenvalue weighted by molar-refractivity contribution is 0.0738. The normalized spacial score (nSPS) is 14.7. The summed E-state index contributed by atoms with van der Waals surface area (Å²) in [5, 5.41) is 0. The minimum atomic E-state index is -0.412. The summed E-state index contributed by atoms with van der Waals surface area (Å²) in [7, 11) is 0. The van der Waals surface area contributed by atoms with Gasteiger partial charge in [-0.15, -0.1) is 0 Å². The van der Waals surface area contributed by atoms with Crippen LogP contribution in [0.5, 0.6) is 0 Å². The van der Waals surface area contributed by atoms with E-state index in [1.165, 1.54) is 16.8 Å². The Labute approximate surface area is 147 Å². The van der Waals surface area contributed by atoms with Crippen LogP contribution in [0.4, 0.5) is 5.69 Å². The lowest BCUT2D eigenvalue weighted by Gasteiger charge is -2.36. The largest absolute Gasteiger partial charge is 0.368 e. The van der Waals surface area contributed by atoms with Crippen molar-refractivity contribution in [1.82, 2.24) is 14.9 Å². The number of hydrogen-bond acceptors (Lipinski definition) is 4. The second-order valence-electron chi connectivity index (χ2n) is 6.62. The monoisotopic (exact) mass is 340 g/mol. The van der Waals surface area contributed by atoms with E-state index in [1.54, 1.807) is 18.7 Å². The standard InChI is InChI=1S/C19H24N4O2/c1-12-6-5-7-16(13(12)2)22-8-10-23(11-9-22)19(25)17-18(24)21-15(4)14(3)20-17/h5-7H,8-11H2,1-4H3,(H,21,24). The molecule has 1 N–H and O–H groups in total. The van der Waals surface area contributed by atoms with Crippen LogP contribution in [0.1, 0.15) is 33.0 Å². The molecule has 1 aliphatic rings. The number of aromatic nitrogens is 2. The Morgan fingerprint density at radius 3 is 2.44 bits per heavy atom. The third-order valence-electron chi connectivity index (χ3n) is 5.02. The molecule has 0 unspecified atom stereocenters. The molecule has 6 heteroatoms. The van der Waals surface area contributed by atoms with Crippen molar-refractivity contribution < 1.29 is 4.79 Å². The van der Waals surface area contributed by atoms with Crippen LogP contribution in [-0.4, -0.2) is 47.0 Å². The predicted molar refractivity (Wildman–Crippen MR) is 98.4 cm³/mol. The fraction of sp³-hybridized carbons (Fsp3) is 0.421. The molecular formula is C19H24N4O2. The number of hydrogen-bond donors (Lipinski definition) is 1. The highest BCUT2D eigenvalue weighted by atomic mass is 16.2. The molecule has 3 rings (SSSR count). The van der Waals surface area contributed by atoms with Gasteiger partial charge in [-0.25, -0.2) is 4.98 Å². The number of anilines is 1. The van der Waals surface area contributed by atoms with Gasteiger partial charge in [-0.2, -0.15) is 0 Å². The first kappa shape index (κ1) is 17.2. The summed E-state index contributed by atoms with van der Waals surface area (Å²) in [6.45, 7) is 10.5. The molecule has 1 amide bonds. The van der Waals surface area contributed by atoms with Crippen LogP contribution >= 0.6 is 0 Å². The number of nitrogens with one attached hydrogen (secondary N) is 1. The smallest absolute Gasteiger partial charge is 0.279 e. The second kappa shape index (κ2) is 6.70. The fourth-order valence-corrected chi connectivity index (χ4v) is 3.15. The van der Waals surface area contributed by atoms with Crippen LogP contribution < -0.4 is 10.5 Å². The fourth-order valence-electron chi connectivity index (χ4n) is 3.15. The Hall–Kier alpha value is -2.63. The molecule has 0 saturated carbocycles. The van der Waals surface area contributed by atoms with E-state index in [4.69, 9.17) is 0 Å². The Bertz CT molecular complexity index is 864. The molecule has 2 heterocycles. The average molecular weight is 340 g/mol. The van der Waals surface area contributed by atoms with Crippen molar-refractivity contribution in [3.05, 3.63) is 56.8 Å². The molecule has 0 radical (unpaired) electrons. The predicted octanol–water partition coefficient (Wildman–Crippen LogP) is 1.97. The molecule has 1 fully saturated rings. The summed E-state index contributed by atoms with van der Waals surface area (Å²) in [4.78, 5) is 35.7. The van der Waals surface area contributed by atoms with Gasteiger partial charge in [-0.05, 0) is 44.9 Å². The third-order valence-corrected chi connectivity index (χ3v) is 5.02. The van der Waals surface area contributed by atoms with Crippen LogP contribution in [0.25, 0.3) is 0 Å². The van der Waals surface area contributed by atoms with E-state index < -0.39 is 5.56 Å². The number of benzene rings is 1. The molecule has 25 heavy (non-hydrogen) atoms. The molecule has 6 nitrogen and oxygen atoms in total. The van der Waals surface area contributed by atoms with Crippen LogP contribution in [0.3, 0.4) is 0 Å². The van der Waals surface area contributed by atoms with Gasteiger partial charge >= 0.3 is 0 Å². The number of carbonyl (C=O) groups excluding carboxylic acids is 1. The lowest BCUT2D eigenvalue weighted by Crippen LogP contribution is -2.50. The van der Waals surface area contributed by atoms with E-state index in [9.17, 15) is 9.59 Å². The minimum Gasteiger partial charge on any atom is -0.368 e. The summed E-state index contributed by atoms with van der Waals surface area (Å²) < 4.78 is 0. The van der Waals surface area contributed by atoms with Gasteiger partial charge in [0.15, 0.2) is 5.69 Å². The number of rotatable bonds is 2. The number of aryl methyl sites for hydroxylation is 3. The maximum Gasteiger partial charge on any atom is 0.279 e. The van der Waals surface area contributed by atoms with Gasteiger partial charge in [0.1, 0.15) is 0 Å². The van der Waals surface area contributed by atoms with Crippen molar-refractivity contribution in [3.8, 4) is 0 Å². The zero-order chi connectivity index (χ0) is 18.1. The highest BCUT2D eigenvalue weighted by Gasteiger charge is 2.26. The second-order valence-corrected chi connectivity index (χ2v) is 6.62. The molecule has 1 aliphatic heterocycles. The Morgan fingerprint density at radius 2 is 1.76 bits per heavy atom. The van der Waals surface area contributed by atoms with Crippen molar-refractivity contribution >= 4 is 11.6 Å². The van der Waals surface area contributed by atoms with E-state index in [0.717, 1.165) is 13.1 Å². The van der Waals surface area contributed by atoms with Crippen LogP contribution in [-0.2, 0) is 0 Å². The zero-order valence-corrected chi connectivity index (χ0v) is 15.2. The number of amides is 1. The molecule has 1 aromatic heterocycles. The molecule has 1 saturated heterocycles. The molecule has 0 bridgehead atoms. The molecule has 1 aromatic carbocycles. The Morgan fingerprint density at radius 1 is 1.08 bits per heavy atom. The SMILES string of the molecule is Cc1cccc(N2CCN(C(=O)c3nc(C)c(C)[nH]c3=O)CC2)c1C. The first-order chi connectivity index (χ1) is 11.9. The topological polar surface area (TPSA) is 69.3 Å². The van der Waals surface area contributed by atoms with E-state index in [-0.39, 0.29) is 11.6 Å². The summed E-state index contributed by atoms with van der Waals surface area (Å²) >= 11 is 0. The van der Waals surface area contributed by atoms with Crippen molar-refractivity contribution in [2.24, 2.45) is 0 Å². The van der Waals surface area contributed by atoms with Gasteiger partial charge in [-0.1, -0.05) is 12.1 Å². The highest BCUT2D eigenvalue weighted by Crippen LogP contribution is 2.24. The van der Waals surface area contributed by atoms with E-state index in [2.05, 4.69) is 46.9 Å². The van der Waals surface area contributed by atoms with Crippen molar-refractivity contribution in [2.45, 2.75) is 27.7 Å². The summed E-state index contributed by atoms with van der Waals surface area (Å²) in [5.74, 6) is -0.287. The highest BCUT2D eigenvalue weighted by molar-refractivity contribution is 5.92. The summed E-state index contributed by atoms with van der Waals surface area (Å²) in [5.41, 5.74) is 4.71. The quantitative estimate of drug-likeness (QED) is 0.907. The van der Waals surface area contributed by atoms with Gasteiger partial charge in [0, 0.05) is 37.6 Å². The maximum absolute atomic E-state index is 12.7. The zero-order valence-electron chi connectivity index (χ0n) is 15.2. The summed E-state index contributed by atoms with van der Waals surface area (Å²) in [6, 6.07) is 6.29. The van der Waals surface area contributed by atoms with Crippen molar-refractivity contribution in [3.63, 3.8) is 0 Å². The van der Waals surface area contributed by atoms with Gasteiger partial charge in [0.2, 0.25) is 0 Å². The van der Waals surface area contributed by atoms with Gasteiger partial charge in [0.25, 0.3) is 11.5 Å². The van der Waals surface area contributed by atoms with E-state index in [0.29, 0.717) is 24.5 Å². The number of aromatic amines is 1. The third kappa shape index (κ3) is 3.29. The molecule has 0 atom stereocenters. The minimum absolute atomic E-state index is 0.0108. The molecule has 132 valence electrons. The van der Waals surface area contributed by atoms with Crippen molar-refractivity contribution in [2.75, 3.05) is 31.1 Å². The first-order valence-electron chi connectivity index (χ1n) is 8.56. The Balaban J connectivity index is 1.74. The maximum atomic E-state index is 12.7. The molecule has 0 spiro atoms. The molecule has 0 aliphatic carbocycles. The van der Waals surface area contributed by atoms with Crippen LogP contribution in [0.15, 0.2) is 23.0 Å². The number of piperazine rings is 1. The molecular weight excluding hydrogens is 316 g/mol. The average Bonchev–Trinajstić information content (AvgIpc) is 2.60. The number of carbonyl (C=O) groups is 1. The van der Waals surface area contributed by atoms with Crippen LogP contribution in [0.2, 0.25) is 0 Å². The van der Waals surface area contributed by atoms with Crippen molar-refractivity contribution in [1.29, 1.82) is 0 Å².